The molecule has 0 unspecified atom stereocenters. The Balaban J connectivity index is 1.50. The zero-order valence-corrected chi connectivity index (χ0v) is 17.8. The van der Waals surface area contributed by atoms with Gasteiger partial charge in [0.1, 0.15) is 5.75 Å². The number of nitrogens with zero attached hydrogens (tertiary/aromatic N) is 5. The third kappa shape index (κ3) is 4.51. The fourth-order valence-corrected chi connectivity index (χ4v) is 3.62. The Morgan fingerprint density at radius 2 is 1.94 bits per heavy atom. The highest BCUT2D eigenvalue weighted by Gasteiger charge is 2.17. The largest absolute Gasteiger partial charge is 0.497 e. The lowest BCUT2D eigenvalue weighted by atomic mass is 10.2. The molecule has 4 rings (SSSR count). The molecule has 1 aliphatic rings. The average Bonchev–Trinajstić information content (AvgIpc) is 3.08. The van der Waals surface area contributed by atoms with Gasteiger partial charge in [-0.15, -0.1) is 0 Å². The number of hydrogen-bond donors (Lipinski definition) is 1. The van der Waals surface area contributed by atoms with Gasteiger partial charge in [-0.25, -0.2) is 14.8 Å². The summed E-state index contributed by atoms with van der Waals surface area (Å²) in [5.41, 5.74) is 6.93. The van der Waals surface area contributed by atoms with Crippen molar-refractivity contribution in [3.05, 3.63) is 59.3 Å². The minimum atomic E-state index is -0.459. The van der Waals surface area contributed by atoms with Gasteiger partial charge < -0.3 is 18.9 Å². The molecule has 0 bridgehead atoms. The van der Waals surface area contributed by atoms with E-state index in [9.17, 15) is 4.39 Å². The smallest absolute Gasteiger partial charge is 0.245 e. The lowest BCUT2D eigenvalue weighted by Gasteiger charge is -2.27. The highest BCUT2D eigenvalue weighted by atomic mass is 19.1. The fraction of sp³-hybridized carbons (Fsp3) is 0.318. The molecule has 1 N–H and O–H groups in total. The maximum atomic E-state index is 14.2. The van der Waals surface area contributed by atoms with Crippen LogP contribution in [0.25, 0.3) is 5.69 Å². The number of halogens is 1. The molecule has 0 saturated carbocycles. The van der Waals surface area contributed by atoms with Crippen LogP contribution >= 0.6 is 0 Å². The molecular weight excluding hydrogens is 399 g/mol. The van der Waals surface area contributed by atoms with Crippen LogP contribution < -0.4 is 15.1 Å². The van der Waals surface area contributed by atoms with Crippen molar-refractivity contribution in [2.24, 2.45) is 5.10 Å². The Kier molecular flexibility index (Phi) is 6.13. The summed E-state index contributed by atoms with van der Waals surface area (Å²) in [5.74, 6) is 0.851. The number of ether oxygens (including phenoxy) is 2. The first-order valence-electron chi connectivity index (χ1n) is 10.0. The van der Waals surface area contributed by atoms with Crippen LogP contribution in [-0.4, -0.2) is 54.2 Å². The molecule has 2 aromatic heterocycles. The molecule has 9 heteroatoms. The summed E-state index contributed by atoms with van der Waals surface area (Å²) in [6, 6.07) is 9.94. The van der Waals surface area contributed by atoms with E-state index in [1.54, 1.807) is 13.3 Å². The van der Waals surface area contributed by atoms with Gasteiger partial charge in [0, 0.05) is 35.7 Å². The summed E-state index contributed by atoms with van der Waals surface area (Å²) < 4.78 is 26.9. The number of rotatable bonds is 6. The molecule has 3 heterocycles. The number of morpholine rings is 1. The van der Waals surface area contributed by atoms with Gasteiger partial charge in [-0.05, 0) is 44.2 Å². The second-order valence-corrected chi connectivity index (χ2v) is 7.19. The van der Waals surface area contributed by atoms with Crippen LogP contribution in [0, 0.1) is 19.7 Å². The van der Waals surface area contributed by atoms with Crippen molar-refractivity contribution in [1.29, 1.82) is 0 Å². The van der Waals surface area contributed by atoms with Crippen LogP contribution in [0.1, 0.15) is 17.0 Å². The summed E-state index contributed by atoms with van der Waals surface area (Å²) in [6.45, 7) is 6.35. The van der Waals surface area contributed by atoms with E-state index < -0.39 is 5.82 Å². The molecule has 0 radical (unpaired) electrons. The van der Waals surface area contributed by atoms with Gasteiger partial charge in [-0.3, -0.25) is 0 Å². The van der Waals surface area contributed by atoms with Crippen LogP contribution in [0.2, 0.25) is 0 Å². The van der Waals surface area contributed by atoms with Crippen molar-refractivity contribution < 1.29 is 13.9 Å². The minimum absolute atomic E-state index is 0.239. The number of benzene rings is 1. The Hall–Kier alpha value is -3.46. The number of aromatic nitrogens is 3. The van der Waals surface area contributed by atoms with E-state index in [-0.39, 0.29) is 11.8 Å². The van der Waals surface area contributed by atoms with Crippen molar-refractivity contribution in [1.82, 2.24) is 14.5 Å². The highest BCUT2D eigenvalue weighted by Crippen LogP contribution is 2.22. The zero-order chi connectivity index (χ0) is 21.8. The van der Waals surface area contributed by atoms with Crippen molar-refractivity contribution in [2.75, 3.05) is 43.7 Å². The summed E-state index contributed by atoms with van der Waals surface area (Å²) >= 11 is 0. The SMILES string of the molecule is COc1ccc(-n2c(C)cc(/C=N\Nc3ncc(F)c(N4CCOCC4)n3)c2C)cc1. The van der Waals surface area contributed by atoms with E-state index in [1.165, 1.54) is 0 Å². The summed E-state index contributed by atoms with van der Waals surface area (Å²) in [6.07, 6.45) is 2.87. The number of aryl methyl sites for hydroxylation is 1. The first kappa shape index (κ1) is 20.8. The predicted molar refractivity (Wildman–Crippen MR) is 118 cm³/mol. The third-order valence-corrected chi connectivity index (χ3v) is 5.21. The van der Waals surface area contributed by atoms with E-state index in [2.05, 4.69) is 31.1 Å². The Bertz CT molecular complexity index is 1070. The van der Waals surface area contributed by atoms with Gasteiger partial charge in [0.2, 0.25) is 5.95 Å². The molecule has 31 heavy (non-hydrogen) atoms. The van der Waals surface area contributed by atoms with Gasteiger partial charge in [0.25, 0.3) is 0 Å². The van der Waals surface area contributed by atoms with Gasteiger partial charge in [-0.1, -0.05) is 0 Å². The molecule has 8 nitrogen and oxygen atoms in total. The maximum Gasteiger partial charge on any atom is 0.245 e. The standard InChI is InChI=1S/C22H25FN6O2/c1-15-12-17(16(2)29(15)18-4-6-19(30-3)7-5-18)13-25-27-22-24-14-20(23)21(26-22)28-8-10-31-11-9-28/h4-7,12-14H,8-11H2,1-3H3,(H,24,26,27)/b25-13-. The lowest BCUT2D eigenvalue weighted by Crippen LogP contribution is -2.37. The number of anilines is 2. The Morgan fingerprint density at radius 3 is 2.65 bits per heavy atom. The van der Waals surface area contributed by atoms with Crippen LogP contribution in [0.15, 0.2) is 41.6 Å². The maximum absolute atomic E-state index is 14.2. The summed E-state index contributed by atoms with van der Waals surface area (Å²) in [5, 5.41) is 4.27. The molecule has 0 atom stereocenters. The second-order valence-electron chi connectivity index (χ2n) is 7.19. The molecule has 1 aromatic carbocycles. The molecule has 162 valence electrons. The van der Waals surface area contributed by atoms with E-state index in [4.69, 9.17) is 9.47 Å². The molecule has 1 fully saturated rings. The minimum Gasteiger partial charge on any atom is -0.497 e. The Labute approximate surface area is 180 Å². The number of methoxy groups -OCH3 is 1. The topological polar surface area (TPSA) is 76.8 Å². The fourth-order valence-electron chi connectivity index (χ4n) is 3.62. The van der Waals surface area contributed by atoms with Crippen LogP contribution in [0.5, 0.6) is 5.75 Å². The lowest BCUT2D eigenvalue weighted by molar-refractivity contribution is 0.122. The highest BCUT2D eigenvalue weighted by molar-refractivity contribution is 5.82. The molecule has 0 spiro atoms. The molecule has 0 aliphatic carbocycles. The predicted octanol–water partition coefficient (Wildman–Crippen LogP) is 3.31. The third-order valence-electron chi connectivity index (χ3n) is 5.21. The van der Waals surface area contributed by atoms with Gasteiger partial charge in [0.15, 0.2) is 11.6 Å². The molecule has 0 amide bonds. The van der Waals surface area contributed by atoms with Crippen LogP contribution in [-0.2, 0) is 4.74 Å². The number of nitrogens with one attached hydrogen (secondary N) is 1. The van der Waals surface area contributed by atoms with E-state index in [1.807, 2.05) is 43.0 Å². The van der Waals surface area contributed by atoms with Crippen LogP contribution in [0.4, 0.5) is 16.2 Å². The molecule has 3 aromatic rings. The summed E-state index contributed by atoms with van der Waals surface area (Å²) in [7, 11) is 1.65. The monoisotopic (exact) mass is 424 g/mol. The van der Waals surface area contributed by atoms with Crippen molar-refractivity contribution in [3.63, 3.8) is 0 Å². The van der Waals surface area contributed by atoms with Crippen molar-refractivity contribution in [3.8, 4) is 11.4 Å². The second kappa shape index (κ2) is 9.13. The zero-order valence-electron chi connectivity index (χ0n) is 17.8. The van der Waals surface area contributed by atoms with Gasteiger partial charge >= 0.3 is 0 Å². The van der Waals surface area contributed by atoms with Gasteiger partial charge in [0.05, 0.1) is 32.7 Å². The number of hydrazone groups is 1. The van der Waals surface area contributed by atoms with E-state index >= 15 is 0 Å². The molecular formula is C22H25FN6O2. The summed E-state index contributed by atoms with van der Waals surface area (Å²) in [4.78, 5) is 10.1. The van der Waals surface area contributed by atoms with E-state index in [0.29, 0.717) is 26.3 Å². The van der Waals surface area contributed by atoms with E-state index in [0.717, 1.165) is 34.6 Å². The van der Waals surface area contributed by atoms with Crippen LogP contribution in [0.3, 0.4) is 0 Å². The van der Waals surface area contributed by atoms with Gasteiger partial charge in [-0.2, -0.15) is 10.1 Å². The normalized spacial score (nSPS) is 14.3. The molecule has 1 aliphatic heterocycles. The molecule has 1 saturated heterocycles. The van der Waals surface area contributed by atoms with Crippen molar-refractivity contribution in [2.45, 2.75) is 13.8 Å². The quantitative estimate of drug-likeness (QED) is 0.483. The van der Waals surface area contributed by atoms with Crippen molar-refractivity contribution >= 4 is 18.0 Å². The first-order valence-corrected chi connectivity index (χ1v) is 10.0. The first-order chi connectivity index (χ1) is 15.1. The number of hydrogen-bond acceptors (Lipinski definition) is 7. The Morgan fingerprint density at radius 1 is 1.19 bits per heavy atom. The average molecular weight is 424 g/mol.